The Hall–Kier alpha value is -2.52. The van der Waals surface area contributed by atoms with Crippen molar-refractivity contribution in [3.05, 3.63) is 121 Å². The molecule has 0 amide bonds. The van der Waals surface area contributed by atoms with Crippen molar-refractivity contribution in [3.63, 3.8) is 0 Å². The van der Waals surface area contributed by atoms with Crippen molar-refractivity contribution in [2.45, 2.75) is 0 Å². The minimum atomic E-state index is 0. The van der Waals surface area contributed by atoms with Crippen LogP contribution >= 0.6 is 0 Å². The van der Waals surface area contributed by atoms with E-state index >= 15 is 0 Å². The predicted molar refractivity (Wildman–Crippen MR) is 126 cm³/mol. The van der Waals surface area contributed by atoms with Crippen molar-refractivity contribution in [1.29, 1.82) is 0 Å². The molecular weight excluding hydrogens is 363 g/mol. The molecule has 0 fully saturated rings. The first-order chi connectivity index (χ1) is 13.9. The second-order valence-corrected chi connectivity index (χ2v) is 6.65. The van der Waals surface area contributed by atoms with E-state index in [1.54, 1.807) is 0 Å². The van der Waals surface area contributed by atoms with Gasteiger partial charge in [-0.1, -0.05) is 72.8 Å². The van der Waals surface area contributed by atoms with Crippen molar-refractivity contribution < 1.29 is 0 Å². The van der Waals surface area contributed by atoms with E-state index in [-0.39, 0.29) is 29.6 Å². The molecule has 139 valence electrons. The van der Waals surface area contributed by atoms with E-state index in [2.05, 4.69) is 131 Å². The number of benzene rings is 4. The summed E-state index contributed by atoms with van der Waals surface area (Å²) >= 11 is 0. The van der Waals surface area contributed by atoms with E-state index in [0.29, 0.717) is 0 Å². The standard InChI is InChI=1S/C26H24N2.Na/c1-5-13-23(14-6-1)27(24-15-7-2-8-16-24)21-22-28(25-17-9-3-10-18-25)26-19-11-4-12-20-26;/h1-20H,21-22H2;. The Bertz CT molecular complexity index is 798. The largest absolute Gasteiger partial charge is 0.340 e. The van der Waals surface area contributed by atoms with Crippen LogP contribution < -0.4 is 9.80 Å². The first-order valence-corrected chi connectivity index (χ1v) is 9.67. The smallest absolute Gasteiger partial charge is 0.0411 e. The van der Waals surface area contributed by atoms with Crippen LogP contribution in [0.4, 0.5) is 22.7 Å². The molecule has 4 aromatic rings. The van der Waals surface area contributed by atoms with Crippen LogP contribution in [0.1, 0.15) is 0 Å². The van der Waals surface area contributed by atoms with E-state index in [1.807, 2.05) is 0 Å². The van der Waals surface area contributed by atoms with Crippen LogP contribution in [0.3, 0.4) is 0 Å². The average Bonchev–Trinajstić information content (AvgIpc) is 2.79. The van der Waals surface area contributed by atoms with Gasteiger partial charge in [-0.25, -0.2) is 0 Å². The molecule has 0 spiro atoms. The van der Waals surface area contributed by atoms with Gasteiger partial charge in [0.1, 0.15) is 0 Å². The summed E-state index contributed by atoms with van der Waals surface area (Å²) < 4.78 is 0. The Morgan fingerprint density at radius 1 is 0.345 bits per heavy atom. The Kier molecular flexibility index (Phi) is 7.94. The van der Waals surface area contributed by atoms with Gasteiger partial charge in [-0.15, -0.1) is 0 Å². The first kappa shape index (κ1) is 21.2. The maximum Gasteiger partial charge on any atom is 0.0411 e. The molecule has 4 aromatic carbocycles. The first-order valence-electron chi connectivity index (χ1n) is 9.67. The molecule has 0 aliphatic heterocycles. The molecule has 0 aliphatic rings. The van der Waals surface area contributed by atoms with Crippen molar-refractivity contribution in [1.82, 2.24) is 0 Å². The van der Waals surface area contributed by atoms with Crippen LogP contribution in [0.25, 0.3) is 0 Å². The quantitative estimate of drug-likeness (QED) is 0.344. The Balaban J connectivity index is 0.00000240. The summed E-state index contributed by atoms with van der Waals surface area (Å²) in [5, 5.41) is 0. The molecule has 0 bridgehead atoms. The van der Waals surface area contributed by atoms with Crippen LogP contribution in [0.5, 0.6) is 0 Å². The third-order valence-corrected chi connectivity index (χ3v) is 4.82. The van der Waals surface area contributed by atoms with Crippen LogP contribution in [0, 0.1) is 0 Å². The SMILES string of the molecule is [Na].c1ccc(N(CCN(c2ccccc2)c2ccccc2)c2ccccc2)cc1. The van der Waals surface area contributed by atoms with Crippen molar-refractivity contribution in [2.24, 2.45) is 0 Å². The van der Waals surface area contributed by atoms with E-state index in [4.69, 9.17) is 0 Å². The van der Waals surface area contributed by atoms with Gasteiger partial charge in [-0.2, -0.15) is 0 Å². The molecule has 2 nitrogen and oxygen atoms in total. The van der Waals surface area contributed by atoms with E-state index < -0.39 is 0 Å². The van der Waals surface area contributed by atoms with Crippen LogP contribution in [0.2, 0.25) is 0 Å². The molecule has 0 aromatic heterocycles. The van der Waals surface area contributed by atoms with Gasteiger partial charge < -0.3 is 9.80 Å². The Morgan fingerprint density at radius 3 is 0.759 bits per heavy atom. The normalized spacial score (nSPS) is 10.1. The number of rotatable bonds is 7. The molecule has 0 unspecified atom stereocenters. The molecule has 0 aliphatic carbocycles. The Morgan fingerprint density at radius 2 is 0.552 bits per heavy atom. The molecule has 1 radical (unpaired) electrons. The van der Waals surface area contributed by atoms with Gasteiger partial charge >= 0.3 is 0 Å². The molecular formula is C26H24N2Na. The second kappa shape index (κ2) is 10.9. The van der Waals surface area contributed by atoms with Gasteiger partial charge in [0.05, 0.1) is 0 Å². The summed E-state index contributed by atoms with van der Waals surface area (Å²) in [7, 11) is 0. The molecule has 3 heteroatoms. The Labute approximate surface area is 195 Å². The zero-order valence-corrected chi connectivity index (χ0v) is 18.9. The van der Waals surface area contributed by atoms with Gasteiger partial charge in [0, 0.05) is 65.4 Å². The van der Waals surface area contributed by atoms with Gasteiger partial charge in [0.15, 0.2) is 0 Å². The number of hydrogen-bond donors (Lipinski definition) is 0. The van der Waals surface area contributed by atoms with Crippen LogP contribution in [-0.2, 0) is 0 Å². The van der Waals surface area contributed by atoms with Gasteiger partial charge in [0.25, 0.3) is 0 Å². The van der Waals surface area contributed by atoms with E-state index in [0.717, 1.165) is 13.1 Å². The molecule has 4 rings (SSSR count). The summed E-state index contributed by atoms with van der Waals surface area (Å²) in [5.41, 5.74) is 4.81. The van der Waals surface area contributed by atoms with Crippen LogP contribution in [0.15, 0.2) is 121 Å². The average molecular weight is 387 g/mol. The summed E-state index contributed by atoms with van der Waals surface area (Å²) in [4.78, 5) is 4.75. The maximum absolute atomic E-state index is 2.37. The number of hydrogen-bond acceptors (Lipinski definition) is 2. The van der Waals surface area contributed by atoms with Gasteiger partial charge in [-0.3, -0.25) is 0 Å². The fourth-order valence-electron chi connectivity index (χ4n) is 3.45. The zero-order chi connectivity index (χ0) is 19.0. The van der Waals surface area contributed by atoms with Crippen molar-refractivity contribution >= 4 is 52.3 Å². The number of nitrogens with zero attached hydrogens (tertiary/aromatic N) is 2. The molecule has 0 saturated carbocycles. The molecule has 0 N–H and O–H groups in total. The number of anilines is 4. The topological polar surface area (TPSA) is 6.48 Å². The molecule has 29 heavy (non-hydrogen) atoms. The minimum absolute atomic E-state index is 0. The van der Waals surface area contributed by atoms with Gasteiger partial charge in [0.2, 0.25) is 0 Å². The third kappa shape index (κ3) is 5.51. The van der Waals surface area contributed by atoms with E-state index in [9.17, 15) is 0 Å². The zero-order valence-electron chi connectivity index (χ0n) is 16.9. The second-order valence-electron chi connectivity index (χ2n) is 6.65. The van der Waals surface area contributed by atoms with Crippen molar-refractivity contribution in [2.75, 3.05) is 22.9 Å². The fourth-order valence-corrected chi connectivity index (χ4v) is 3.45. The van der Waals surface area contributed by atoms with Crippen molar-refractivity contribution in [3.8, 4) is 0 Å². The van der Waals surface area contributed by atoms with E-state index in [1.165, 1.54) is 22.7 Å². The van der Waals surface area contributed by atoms with Crippen LogP contribution in [-0.4, -0.2) is 42.6 Å². The van der Waals surface area contributed by atoms with Gasteiger partial charge in [-0.05, 0) is 48.5 Å². The molecule has 0 atom stereocenters. The maximum atomic E-state index is 2.37. The molecule has 0 heterocycles. The molecule has 0 saturated heterocycles. The minimum Gasteiger partial charge on any atom is -0.340 e. The summed E-state index contributed by atoms with van der Waals surface area (Å²) in [6.07, 6.45) is 0. The summed E-state index contributed by atoms with van der Waals surface area (Å²) in [6.45, 7) is 1.75. The number of para-hydroxylation sites is 4. The third-order valence-electron chi connectivity index (χ3n) is 4.82. The summed E-state index contributed by atoms with van der Waals surface area (Å²) in [6, 6.07) is 42.4. The predicted octanol–water partition coefficient (Wildman–Crippen LogP) is 6.28. The summed E-state index contributed by atoms with van der Waals surface area (Å²) in [5.74, 6) is 0. The fraction of sp³-hybridized carbons (Fsp3) is 0.0769. The monoisotopic (exact) mass is 387 g/mol.